The molecule has 0 spiro atoms. The Kier molecular flexibility index (Phi) is 3.12. The van der Waals surface area contributed by atoms with Gasteiger partial charge in [-0.25, -0.2) is 0 Å². The van der Waals surface area contributed by atoms with E-state index in [9.17, 15) is 0 Å². The summed E-state index contributed by atoms with van der Waals surface area (Å²) in [6.07, 6.45) is 1.82. The van der Waals surface area contributed by atoms with E-state index in [1.54, 1.807) is 11.8 Å². The number of pyridine rings is 1. The predicted molar refractivity (Wildman–Crippen MR) is 75.6 cm³/mol. The van der Waals surface area contributed by atoms with Crippen LogP contribution in [0.15, 0.2) is 40.9 Å². The van der Waals surface area contributed by atoms with Gasteiger partial charge in [-0.1, -0.05) is 47.4 Å². The molecule has 0 saturated heterocycles. The summed E-state index contributed by atoms with van der Waals surface area (Å²) in [7, 11) is 0. The summed E-state index contributed by atoms with van der Waals surface area (Å²) in [4.78, 5) is 4.43. The number of thioether (sulfide) groups is 1. The topological polar surface area (TPSA) is 64.7 Å². The molecule has 1 aromatic carbocycles. The maximum absolute atomic E-state index is 5.56. The number of rotatable bonds is 3. The van der Waals surface area contributed by atoms with Gasteiger partial charge < -0.3 is 5.73 Å². The van der Waals surface area contributed by atoms with Gasteiger partial charge in [-0.15, -0.1) is 10.2 Å². The van der Waals surface area contributed by atoms with E-state index in [1.165, 1.54) is 16.9 Å². The lowest BCUT2D eigenvalue weighted by molar-refractivity contribution is 1.02. The average Bonchev–Trinajstić information content (AvgIpc) is 2.82. The van der Waals surface area contributed by atoms with Crippen LogP contribution in [0.25, 0.3) is 10.9 Å². The molecular weight excluding hydrogens is 264 g/mol. The predicted octanol–water partition coefficient (Wildman–Crippen LogP) is 2.96. The SMILES string of the molecule is Nc1nnc(SCc2cccc3cccnc23)s1. The molecule has 2 aromatic heterocycles. The third kappa shape index (κ3) is 2.30. The van der Waals surface area contributed by atoms with E-state index in [-0.39, 0.29) is 0 Å². The Bertz CT molecular complexity index is 675. The number of anilines is 1. The second-order valence-electron chi connectivity index (χ2n) is 3.69. The van der Waals surface area contributed by atoms with Crippen molar-refractivity contribution in [3.05, 3.63) is 42.1 Å². The Hall–Kier alpha value is -1.66. The molecule has 3 rings (SSSR count). The van der Waals surface area contributed by atoms with Crippen LogP contribution in [0.1, 0.15) is 5.56 Å². The summed E-state index contributed by atoms with van der Waals surface area (Å²) in [5.74, 6) is 0.822. The van der Waals surface area contributed by atoms with E-state index in [0.29, 0.717) is 5.13 Å². The highest BCUT2D eigenvalue weighted by Crippen LogP contribution is 2.28. The van der Waals surface area contributed by atoms with Gasteiger partial charge >= 0.3 is 0 Å². The first-order valence-electron chi connectivity index (χ1n) is 5.37. The summed E-state index contributed by atoms with van der Waals surface area (Å²) < 4.78 is 0.889. The highest BCUT2D eigenvalue weighted by atomic mass is 32.2. The summed E-state index contributed by atoms with van der Waals surface area (Å²) in [6.45, 7) is 0. The molecule has 0 atom stereocenters. The molecule has 4 nitrogen and oxygen atoms in total. The number of nitrogen functional groups attached to an aromatic ring is 1. The zero-order valence-corrected chi connectivity index (χ0v) is 11.0. The molecule has 0 bridgehead atoms. The lowest BCUT2D eigenvalue weighted by atomic mass is 10.1. The van der Waals surface area contributed by atoms with Crippen LogP contribution in [0.4, 0.5) is 5.13 Å². The molecule has 18 heavy (non-hydrogen) atoms. The second kappa shape index (κ2) is 4.91. The van der Waals surface area contributed by atoms with Gasteiger partial charge in [0.2, 0.25) is 5.13 Å². The number of para-hydroxylation sites is 1. The second-order valence-corrected chi connectivity index (χ2v) is 5.92. The molecule has 0 amide bonds. The standard InChI is InChI=1S/C12H10N4S2/c13-11-15-16-12(18-11)17-7-9-4-1-3-8-5-2-6-14-10(8)9/h1-6H,7H2,(H2,13,15). The minimum Gasteiger partial charge on any atom is -0.374 e. The Morgan fingerprint density at radius 2 is 2.06 bits per heavy atom. The Balaban J connectivity index is 1.86. The zero-order valence-electron chi connectivity index (χ0n) is 9.41. The largest absolute Gasteiger partial charge is 0.374 e. The van der Waals surface area contributed by atoms with Gasteiger partial charge in [-0.05, 0) is 11.6 Å². The van der Waals surface area contributed by atoms with E-state index in [0.717, 1.165) is 21.0 Å². The number of hydrogen-bond donors (Lipinski definition) is 1. The summed E-state index contributed by atoms with van der Waals surface area (Å²) in [6, 6.07) is 10.2. The third-order valence-electron chi connectivity index (χ3n) is 2.49. The van der Waals surface area contributed by atoms with Crippen molar-refractivity contribution in [2.45, 2.75) is 10.1 Å². The zero-order chi connectivity index (χ0) is 12.4. The normalized spacial score (nSPS) is 10.9. The highest BCUT2D eigenvalue weighted by molar-refractivity contribution is 8.00. The Morgan fingerprint density at radius 1 is 1.17 bits per heavy atom. The van der Waals surface area contributed by atoms with Gasteiger partial charge in [0.05, 0.1) is 5.52 Å². The molecule has 0 radical (unpaired) electrons. The fourth-order valence-corrected chi connectivity index (χ4v) is 3.32. The van der Waals surface area contributed by atoms with E-state index >= 15 is 0 Å². The lowest BCUT2D eigenvalue weighted by Crippen LogP contribution is -1.86. The summed E-state index contributed by atoms with van der Waals surface area (Å²) in [5, 5.41) is 9.47. The fraction of sp³-hybridized carbons (Fsp3) is 0.0833. The van der Waals surface area contributed by atoms with E-state index in [1.807, 2.05) is 18.3 Å². The molecule has 6 heteroatoms. The van der Waals surface area contributed by atoms with Crippen LogP contribution in [-0.4, -0.2) is 15.2 Å². The quantitative estimate of drug-likeness (QED) is 0.744. The smallest absolute Gasteiger partial charge is 0.203 e. The monoisotopic (exact) mass is 274 g/mol. The van der Waals surface area contributed by atoms with Gasteiger partial charge in [0.1, 0.15) is 0 Å². The van der Waals surface area contributed by atoms with Crippen LogP contribution < -0.4 is 5.73 Å². The Morgan fingerprint density at radius 3 is 2.89 bits per heavy atom. The van der Waals surface area contributed by atoms with Crippen LogP contribution in [0.3, 0.4) is 0 Å². The van der Waals surface area contributed by atoms with Gasteiger partial charge in [-0.2, -0.15) is 0 Å². The first-order valence-corrected chi connectivity index (χ1v) is 7.17. The maximum Gasteiger partial charge on any atom is 0.203 e. The number of hydrogen-bond acceptors (Lipinski definition) is 6. The van der Waals surface area contributed by atoms with Crippen molar-refractivity contribution >= 4 is 39.1 Å². The average molecular weight is 274 g/mol. The number of nitrogens with two attached hydrogens (primary N) is 1. The van der Waals surface area contributed by atoms with Crippen molar-refractivity contribution in [2.75, 3.05) is 5.73 Å². The maximum atomic E-state index is 5.56. The summed E-state index contributed by atoms with van der Waals surface area (Å²) >= 11 is 3.04. The van der Waals surface area contributed by atoms with Crippen LogP contribution in [0.5, 0.6) is 0 Å². The van der Waals surface area contributed by atoms with Crippen LogP contribution in [0.2, 0.25) is 0 Å². The molecule has 0 aliphatic rings. The number of benzene rings is 1. The third-order valence-corrected chi connectivity index (χ3v) is 4.42. The molecule has 3 aromatic rings. The van der Waals surface area contributed by atoms with E-state index in [4.69, 9.17) is 5.73 Å². The molecule has 0 aliphatic carbocycles. The van der Waals surface area contributed by atoms with Crippen molar-refractivity contribution < 1.29 is 0 Å². The van der Waals surface area contributed by atoms with E-state index < -0.39 is 0 Å². The number of nitrogens with zero attached hydrogens (tertiary/aromatic N) is 3. The van der Waals surface area contributed by atoms with Crippen molar-refractivity contribution in [1.29, 1.82) is 0 Å². The van der Waals surface area contributed by atoms with E-state index in [2.05, 4.69) is 33.4 Å². The molecule has 2 N–H and O–H groups in total. The molecule has 0 saturated carbocycles. The minimum absolute atomic E-state index is 0.508. The van der Waals surface area contributed by atoms with Gasteiger partial charge in [0, 0.05) is 17.3 Å². The van der Waals surface area contributed by atoms with Crippen molar-refractivity contribution in [1.82, 2.24) is 15.2 Å². The molecule has 0 fully saturated rings. The summed E-state index contributed by atoms with van der Waals surface area (Å²) in [5.41, 5.74) is 7.80. The molecule has 90 valence electrons. The number of aromatic nitrogens is 3. The van der Waals surface area contributed by atoms with Crippen molar-refractivity contribution in [2.24, 2.45) is 0 Å². The lowest BCUT2D eigenvalue weighted by Gasteiger charge is -2.03. The van der Waals surface area contributed by atoms with Crippen LogP contribution in [-0.2, 0) is 5.75 Å². The van der Waals surface area contributed by atoms with Gasteiger partial charge in [0.15, 0.2) is 4.34 Å². The fourth-order valence-electron chi connectivity index (χ4n) is 1.70. The Labute approximate surface area is 112 Å². The highest BCUT2D eigenvalue weighted by Gasteiger charge is 2.05. The first kappa shape index (κ1) is 11.4. The number of fused-ring (bicyclic) bond motifs is 1. The van der Waals surface area contributed by atoms with Crippen LogP contribution >= 0.6 is 23.1 Å². The minimum atomic E-state index is 0.508. The molecular formula is C12H10N4S2. The molecule has 0 unspecified atom stereocenters. The van der Waals surface area contributed by atoms with Crippen molar-refractivity contribution in [3.63, 3.8) is 0 Å². The molecule has 2 heterocycles. The van der Waals surface area contributed by atoms with Crippen molar-refractivity contribution in [3.8, 4) is 0 Å². The van der Waals surface area contributed by atoms with Crippen LogP contribution in [0, 0.1) is 0 Å². The van der Waals surface area contributed by atoms with Gasteiger partial charge in [-0.3, -0.25) is 4.98 Å². The van der Waals surface area contributed by atoms with Gasteiger partial charge in [0.25, 0.3) is 0 Å². The first-order chi connectivity index (χ1) is 8.83. The molecule has 0 aliphatic heterocycles.